The van der Waals surface area contributed by atoms with Crippen molar-refractivity contribution in [1.29, 1.82) is 0 Å². The van der Waals surface area contributed by atoms with Gasteiger partial charge in [0.1, 0.15) is 12.4 Å². The van der Waals surface area contributed by atoms with Crippen LogP contribution in [0.25, 0.3) is 0 Å². The van der Waals surface area contributed by atoms with E-state index in [9.17, 15) is 5.11 Å². The van der Waals surface area contributed by atoms with Crippen molar-refractivity contribution in [2.45, 2.75) is 24.8 Å². The Labute approximate surface area is 118 Å². The van der Waals surface area contributed by atoms with Crippen LogP contribution in [0.15, 0.2) is 29.4 Å². The molecule has 1 aromatic carbocycles. The van der Waals surface area contributed by atoms with Gasteiger partial charge in [-0.25, -0.2) is 0 Å². The first-order valence-corrected chi connectivity index (χ1v) is 6.76. The summed E-state index contributed by atoms with van der Waals surface area (Å²) in [5.41, 5.74) is 6.04. The molecular weight excluding hydrogens is 258 g/mol. The van der Waals surface area contributed by atoms with E-state index in [1.807, 2.05) is 0 Å². The molecule has 0 amide bonds. The van der Waals surface area contributed by atoms with Crippen LogP contribution in [0, 0.1) is 0 Å². The lowest BCUT2D eigenvalue weighted by Gasteiger charge is -2.41. The van der Waals surface area contributed by atoms with Gasteiger partial charge in [0.15, 0.2) is 5.84 Å². The Morgan fingerprint density at radius 2 is 2.05 bits per heavy atom. The second-order valence-corrected chi connectivity index (χ2v) is 5.08. The molecule has 6 heteroatoms. The van der Waals surface area contributed by atoms with Crippen molar-refractivity contribution in [2.75, 3.05) is 19.8 Å². The number of benzene rings is 1. The predicted octanol–water partition coefficient (Wildman–Crippen LogP) is 0.664. The zero-order chi connectivity index (χ0) is 14.4. The number of aliphatic hydroxyl groups excluding tert-OH is 1. The monoisotopic (exact) mass is 279 g/mol. The lowest BCUT2D eigenvalue weighted by molar-refractivity contribution is 0.0847. The molecule has 0 heterocycles. The van der Waals surface area contributed by atoms with Crippen LogP contribution in [0.1, 0.15) is 24.8 Å². The fourth-order valence-electron chi connectivity index (χ4n) is 2.26. The highest BCUT2D eigenvalue weighted by Crippen LogP contribution is 2.30. The third-order valence-electron chi connectivity index (χ3n) is 3.74. The topological polar surface area (TPSA) is 100 Å². The Kier molecular flexibility index (Phi) is 4.81. The quantitative estimate of drug-likeness (QED) is 0.193. The van der Waals surface area contributed by atoms with Crippen LogP contribution in [0.5, 0.6) is 5.75 Å². The summed E-state index contributed by atoms with van der Waals surface area (Å²) in [5.74, 6) is 0.807. The number of amidine groups is 1. The summed E-state index contributed by atoms with van der Waals surface area (Å²) in [6.45, 7) is 1.41. The molecular formula is C14H21N3O3. The van der Waals surface area contributed by atoms with Crippen molar-refractivity contribution in [2.24, 2.45) is 10.9 Å². The molecule has 6 nitrogen and oxygen atoms in total. The van der Waals surface area contributed by atoms with Gasteiger partial charge in [0.25, 0.3) is 0 Å². The molecule has 0 radical (unpaired) electrons. The van der Waals surface area contributed by atoms with Gasteiger partial charge in [-0.1, -0.05) is 5.16 Å². The van der Waals surface area contributed by atoms with Gasteiger partial charge in [-0.05, 0) is 43.5 Å². The highest BCUT2D eigenvalue weighted by molar-refractivity contribution is 5.97. The molecule has 0 aliphatic heterocycles. The summed E-state index contributed by atoms with van der Waals surface area (Å²) in [7, 11) is 0. The van der Waals surface area contributed by atoms with Gasteiger partial charge in [-0.15, -0.1) is 0 Å². The van der Waals surface area contributed by atoms with Crippen LogP contribution in [0.2, 0.25) is 0 Å². The smallest absolute Gasteiger partial charge is 0.170 e. The lowest BCUT2D eigenvalue weighted by atomic mass is 9.77. The molecule has 1 aliphatic carbocycles. The van der Waals surface area contributed by atoms with E-state index in [2.05, 4.69) is 10.5 Å². The molecule has 0 atom stereocenters. The van der Waals surface area contributed by atoms with E-state index in [0.717, 1.165) is 18.6 Å². The molecule has 0 bridgehead atoms. The summed E-state index contributed by atoms with van der Waals surface area (Å²) in [6.07, 6.45) is 3.22. The largest absolute Gasteiger partial charge is 0.492 e. The minimum Gasteiger partial charge on any atom is -0.492 e. The summed E-state index contributed by atoms with van der Waals surface area (Å²) in [5, 5.41) is 24.2. The van der Waals surface area contributed by atoms with Crippen LogP contribution in [-0.2, 0) is 0 Å². The number of hydrogen-bond donors (Lipinski definition) is 4. The van der Waals surface area contributed by atoms with Crippen LogP contribution in [-0.4, -0.2) is 41.4 Å². The number of ether oxygens (including phenoxy) is 1. The number of aliphatic hydroxyl groups is 1. The van der Waals surface area contributed by atoms with Crippen molar-refractivity contribution in [3.63, 3.8) is 0 Å². The molecule has 0 spiro atoms. The molecule has 1 fully saturated rings. The predicted molar refractivity (Wildman–Crippen MR) is 76.1 cm³/mol. The number of hydrogen-bond acceptors (Lipinski definition) is 5. The summed E-state index contributed by atoms with van der Waals surface area (Å²) in [4.78, 5) is 0. The van der Waals surface area contributed by atoms with E-state index in [4.69, 9.17) is 15.7 Å². The fourth-order valence-corrected chi connectivity index (χ4v) is 2.26. The SMILES string of the molecule is N/C(=N/O)c1ccc(OCCNC2(CO)CCC2)cc1. The van der Waals surface area contributed by atoms with Crippen molar-refractivity contribution < 1.29 is 15.1 Å². The Morgan fingerprint density at radius 1 is 1.35 bits per heavy atom. The highest BCUT2D eigenvalue weighted by Gasteiger charge is 2.35. The molecule has 1 aromatic rings. The number of nitrogens with zero attached hydrogens (tertiary/aromatic N) is 1. The third-order valence-corrected chi connectivity index (χ3v) is 3.74. The van der Waals surface area contributed by atoms with Gasteiger partial charge in [0.2, 0.25) is 0 Å². The van der Waals surface area contributed by atoms with Gasteiger partial charge >= 0.3 is 0 Å². The van der Waals surface area contributed by atoms with Crippen molar-refractivity contribution >= 4 is 5.84 Å². The third kappa shape index (κ3) is 3.40. The second-order valence-electron chi connectivity index (χ2n) is 5.08. The summed E-state index contributed by atoms with van der Waals surface area (Å²) >= 11 is 0. The van der Waals surface area contributed by atoms with Gasteiger partial charge in [-0.2, -0.15) is 0 Å². The fraction of sp³-hybridized carbons (Fsp3) is 0.500. The maximum Gasteiger partial charge on any atom is 0.170 e. The Balaban J connectivity index is 1.74. The first kappa shape index (κ1) is 14.6. The maximum atomic E-state index is 9.31. The van der Waals surface area contributed by atoms with E-state index in [0.29, 0.717) is 18.7 Å². The van der Waals surface area contributed by atoms with E-state index < -0.39 is 0 Å². The molecule has 5 N–H and O–H groups in total. The van der Waals surface area contributed by atoms with Crippen LogP contribution in [0.3, 0.4) is 0 Å². The summed E-state index contributed by atoms with van der Waals surface area (Å²) in [6, 6.07) is 7.02. The number of nitrogens with two attached hydrogens (primary N) is 1. The Morgan fingerprint density at radius 3 is 2.55 bits per heavy atom. The first-order chi connectivity index (χ1) is 9.69. The van der Waals surface area contributed by atoms with Crippen molar-refractivity contribution in [1.82, 2.24) is 5.32 Å². The second kappa shape index (κ2) is 6.58. The minimum absolute atomic E-state index is 0.0769. The maximum absolute atomic E-state index is 9.31. The summed E-state index contributed by atoms with van der Waals surface area (Å²) < 4.78 is 5.60. The molecule has 2 rings (SSSR count). The van der Waals surface area contributed by atoms with Crippen LogP contribution in [0.4, 0.5) is 0 Å². The van der Waals surface area contributed by atoms with Crippen LogP contribution >= 0.6 is 0 Å². The zero-order valence-corrected chi connectivity index (χ0v) is 11.4. The van der Waals surface area contributed by atoms with Gasteiger partial charge < -0.3 is 26.1 Å². The van der Waals surface area contributed by atoms with E-state index in [1.54, 1.807) is 24.3 Å². The van der Waals surface area contributed by atoms with E-state index >= 15 is 0 Å². The van der Waals surface area contributed by atoms with Crippen LogP contribution < -0.4 is 15.8 Å². The average Bonchev–Trinajstić information content (AvgIpc) is 2.45. The molecule has 0 unspecified atom stereocenters. The van der Waals surface area contributed by atoms with Crippen molar-refractivity contribution in [3.05, 3.63) is 29.8 Å². The molecule has 0 saturated heterocycles. The normalized spacial score (nSPS) is 17.6. The number of oxime groups is 1. The Hall–Kier alpha value is -1.79. The van der Waals surface area contributed by atoms with Gasteiger partial charge in [-0.3, -0.25) is 0 Å². The van der Waals surface area contributed by atoms with E-state index in [1.165, 1.54) is 6.42 Å². The van der Waals surface area contributed by atoms with Gasteiger partial charge in [0, 0.05) is 17.6 Å². The zero-order valence-electron chi connectivity index (χ0n) is 11.4. The number of rotatable bonds is 7. The molecule has 0 aromatic heterocycles. The standard InChI is InChI=1S/C14H21N3O3/c15-13(17-19)11-2-4-12(5-3-11)20-9-8-16-14(10-18)6-1-7-14/h2-5,16,18-19H,1,6-10H2,(H2,15,17). The highest BCUT2D eigenvalue weighted by atomic mass is 16.5. The minimum atomic E-state index is -0.0841. The molecule has 1 aliphatic rings. The molecule has 1 saturated carbocycles. The van der Waals surface area contributed by atoms with E-state index in [-0.39, 0.29) is 18.0 Å². The van der Waals surface area contributed by atoms with Gasteiger partial charge in [0.05, 0.1) is 6.61 Å². The molecule has 20 heavy (non-hydrogen) atoms. The number of nitrogens with one attached hydrogen (secondary N) is 1. The average molecular weight is 279 g/mol. The first-order valence-electron chi connectivity index (χ1n) is 6.76. The Bertz CT molecular complexity index is 450. The lowest BCUT2D eigenvalue weighted by Crippen LogP contribution is -2.54. The van der Waals surface area contributed by atoms with Crippen molar-refractivity contribution in [3.8, 4) is 5.75 Å². The molecule has 110 valence electrons.